The normalized spacial score (nSPS) is 23.8. The van der Waals surface area contributed by atoms with Gasteiger partial charge in [0.15, 0.2) is 6.39 Å². The van der Waals surface area contributed by atoms with E-state index in [4.69, 9.17) is 18.5 Å². The minimum Gasteiger partial charge on any atom is -0.451 e. The Balaban J connectivity index is 1.40. The maximum absolute atomic E-state index is 12.9. The van der Waals surface area contributed by atoms with Crippen LogP contribution in [0.1, 0.15) is 78.5 Å². The fourth-order valence-electron chi connectivity index (χ4n) is 4.17. The lowest BCUT2D eigenvalue weighted by atomic mass is 9.73. The molecule has 0 radical (unpaired) electrons. The molecule has 7 nitrogen and oxygen atoms in total. The van der Waals surface area contributed by atoms with E-state index in [0.29, 0.717) is 12.5 Å². The second-order valence-corrected chi connectivity index (χ2v) is 11.2. The zero-order valence-corrected chi connectivity index (χ0v) is 20.8. The van der Waals surface area contributed by atoms with Gasteiger partial charge in [-0.2, -0.15) is 0 Å². The van der Waals surface area contributed by atoms with E-state index >= 15 is 0 Å². The Morgan fingerprint density at radius 3 is 2.24 bits per heavy atom. The number of rotatable bonds is 5. The van der Waals surface area contributed by atoms with Crippen LogP contribution in [0.2, 0.25) is 0 Å². The van der Waals surface area contributed by atoms with Crippen LogP contribution in [0.4, 0.5) is 4.79 Å². The third-order valence-electron chi connectivity index (χ3n) is 6.93. The Bertz CT molecular complexity index is 944. The molecule has 2 heterocycles. The Labute approximate surface area is 196 Å². The molecule has 1 saturated heterocycles. The van der Waals surface area contributed by atoms with Crippen molar-refractivity contribution in [3.8, 4) is 0 Å². The summed E-state index contributed by atoms with van der Waals surface area (Å²) in [6.07, 6.45) is 4.40. The lowest BCUT2D eigenvalue weighted by Gasteiger charge is -2.43. The number of ether oxygens (including phenoxy) is 1. The van der Waals surface area contributed by atoms with E-state index in [9.17, 15) is 4.79 Å². The summed E-state index contributed by atoms with van der Waals surface area (Å²) < 4.78 is 23.1. The van der Waals surface area contributed by atoms with Crippen molar-refractivity contribution in [1.82, 2.24) is 9.88 Å². The highest BCUT2D eigenvalue weighted by Crippen LogP contribution is 2.41. The molecule has 2 aromatic rings. The quantitative estimate of drug-likeness (QED) is 0.612. The molecule has 0 N–H and O–H groups in total. The van der Waals surface area contributed by atoms with Crippen LogP contribution >= 0.6 is 0 Å². The van der Waals surface area contributed by atoms with Gasteiger partial charge in [-0.1, -0.05) is 24.3 Å². The fraction of sp³-hybridized carbons (Fsp3) is 0.600. The van der Waals surface area contributed by atoms with Gasteiger partial charge in [0, 0.05) is 6.04 Å². The summed E-state index contributed by atoms with van der Waals surface area (Å²) in [5.41, 5.74) is 1.74. The lowest BCUT2D eigenvalue weighted by molar-refractivity contribution is 0.00123. The van der Waals surface area contributed by atoms with Gasteiger partial charge in [-0.15, -0.1) is 0 Å². The van der Waals surface area contributed by atoms with E-state index < -0.39 is 5.60 Å². The van der Waals surface area contributed by atoms with Crippen molar-refractivity contribution >= 4 is 18.7 Å². The summed E-state index contributed by atoms with van der Waals surface area (Å²) in [6.45, 7) is 14.3. The van der Waals surface area contributed by atoms with Gasteiger partial charge in [-0.25, -0.2) is 9.78 Å². The summed E-state index contributed by atoms with van der Waals surface area (Å²) in [4.78, 5) is 18.8. The molecule has 1 saturated carbocycles. The molecule has 0 bridgehead atoms. The van der Waals surface area contributed by atoms with E-state index in [1.165, 1.54) is 12.0 Å². The SMILES string of the molecule is CC(C)(C)OC(=O)N(Cc1cocn1)C1CC(c2ccc(B3OC(C)(C)C(C)(C)O3)cc2)C1. The van der Waals surface area contributed by atoms with Crippen LogP contribution < -0.4 is 5.46 Å². The van der Waals surface area contributed by atoms with Crippen LogP contribution in [0, 0.1) is 0 Å². The third kappa shape index (κ3) is 5.12. The van der Waals surface area contributed by atoms with Crippen LogP contribution in [0.25, 0.3) is 0 Å². The predicted molar refractivity (Wildman–Crippen MR) is 126 cm³/mol. The molecule has 0 atom stereocenters. The highest BCUT2D eigenvalue weighted by atomic mass is 16.7. The molecule has 1 aliphatic heterocycles. The highest BCUT2D eigenvalue weighted by molar-refractivity contribution is 6.62. The first-order valence-corrected chi connectivity index (χ1v) is 11.7. The summed E-state index contributed by atoms with van der Waals surface area (Å²) in [7, 11) is -0.358. The fourth-order valence-corrected chi connectivity index (χ4v) is 4.17. The van der Waals surface area contributed by atoms with Gasteiger partial charge in [-0.05, 0) is 78.3 Å². The number of oxazole rings is 1. The average Bonchev–Trinajstić information content (AvgIpc) is 3.24. The maximum Gasteiger partial charge on any atom is 0.494 e. The van der Waals surface area contributed by atoms with Crippen LogP contribution in [0.5, 0.6) is 0 Å². The van der Waals surface area contributed by atoms with Gasteiger partial charge in [0.2, 0.25) is 0 Å². The first-order valence-electron chi connectivity index (χ1n) is 11.7. The summed E-state index contributed by atoms with van der Waals surface area (Å²) >= 11 is 0. The summed E-state index contributed by atoms with van der Waals surface area (Å²) in [6, 6.07) is 8.58. The standard InChI is InChI=1S/C25H35BN2O5/c1-23(2,3)31-22(29)28(14-20-15-30-16-27-20)21-12-18(13-21)17-8-10-19(11-9-17)26-32-24(4,5)25(6,7)33-26/h8-11,15-16,18,21H,12-14H2,1-7H3. The Hall–Kier alpha value is -2.32. The molecule has 1 aliphatic carbocycles. The number of benzene rings is 1. The van der Waals surface area contributed by atoms with E-state index in [-0.39, 0.29) is 30.5 Å². The number of hydrogen-bond donors (Lipinski definition) is 0. The average molecular weight is 454 g/mol. The van der Waals surface area contributed by atoms with Crippen molar-refractivity contribution in [1.29, 1.82) is 0 Å². The Kier molecular flexibility index (Phi) is 6.12. The van der Waals surface area contributed by atoms with Gasteiger partial charge < -0.3 is 18.5 Å². The number of aromatic nitrogens is 1. The summed E-state index contributed by atoms with van der Waals surface area (Å²) in [5, 5.41) is 0. The van der Waals surface area contributed by atoms with Gasteiger partial charge >= 0.3 is 13.2 Å². The highest BCUT2D eigenvalue weighted by Gasteiger charge is 2.51. The topological polar surface area (TPSA) is 74.0 Å². The molecule has 2 aliphatic rings. The number of carbonyl (C=O) groups excluding carboxylic acids is 1. The van der Waals surface area contributed by atoms with Crippen LogP contribution in [-0.4, -0.2) is 45.9 Å². The molecule has 0 spiro atoms. The van der Waals surface area contributed by atoms with Crippen molar-refractivity contribution < 1.29 is 23.3 Å². The zero-order valence-electron chi connectivity index (χ0n) is 20.8. The van der Waals surface area contributed by atoms with Gasteiger partial charge in [0.05, 0.1) is 23.4 Å². The second-order valence-electron chi connectivity index (χ2n) is 11.2. The monoisotopic (exact) mass is 454 g/mol. The minimum absolute atomic E-state index is 0.101. The van der Waals surface area contributed by atoms with Crippen LogP contribution in [0.15, 0.2) is 41.3 Å². The molecule has 33 heavy (non-hydrogen) atoms. The molecule has 8 heteroatoms. The van der Waals surface area contributed by atoms with Crippen LogP contribution in [0.3, 0.4) is 0 Å². The largest absolute Gasteiger partial charge is 0.494 e. The molecule has 0 unspecified atom stereocenters. The number of carbonyl (C=O) groups is 1. The first-order chi connectivity index (χ1) is 15.3. The predicted octanol–water partition coefficient (Wildman–Crippen LogP) is 4.66. The van der Waals surface area contributed by atoms with Gasteiger partial charge in [0.25, 0.3) is 0 Å². The molecule has 1 amide bonds. The maximum atomic E-state index is 12.9. The van der Waals surface area contributed by atoms with E-state index in [2.05, 4.69) is 56.9 Å². The van der Waals surface area contributed by atoms with E-state index in [1.54, 1.807) is 11.2 Å². The zero-order chi connectivity index (χ0) is 24.0. The Morgan fingerprint density at radius 1 is 1.12 bits per heavy atom. The number of hydrogen-bond acceptors (Lipinski definition) is 6. The van der Waals surface area contributed by atoms with E-state index in [1.807, 2.05) is 20.8 Å². The van der Waals surface area contributed by atoms with E-state index in [0.717, 1.165) is 24.0 Å². The minimum atomic E-state index is -0.550. The van der Waals surface area contributed by atoms with Crippen molar-refractivity contribution in [2.45, 2.75) is 96.6 Å². The van der Waals surface area contributed by atoms with Gasteiger partial charge in [0.1, 0.15) is 11.9 Å². The summed E-state index contributed by atoms with van der Waals surface area (Å²) in [5.74, 6) is 0.393. The van der Waals surface area contributed by atoms with Crippen molar-refractivity contribution in [2.24, 2.45) is 0 Å². The van der Waals surface area contributed by atoms with Crippen molar-refractivity contribution in [3.05, 3.63) is 48.2 Å². The Morgan fingerprint density at radius 2 is 1.73 bits per heavy atom. The lowest BCUT2D eigenvalue weighted by Crippen LogP contribution is -2.48. The number of amides is 1. The molecule has 178 valence electrons. The molecule has 4 rings (SSSR count). The molecule has 1 aromatic heterocycles. The van der Waals surface area contributed by atoms with Crippen molar-refractivity contribution in [3.63, 3.8) is 0 Å². The molecular formula is C25H35BN2O5. The molecule has 2 fully saturated rings. The molecule has 1 aromatic carbocycles. The second kappa shape index (κ2) is 8.47. The molecular weight excluding hydrogens is 419 g/mol. The third-order valence-corrected chi connectivity index (χ3v) is 6.93. The number of nitrogens with zero attached hydrogens (tertiary/aromatic N) is 2. The first kappa shape index (κ1) is 23.8. The van der Waals surface area contributed by atoms with Crippen LogP contribution in [-0.2, 0) is 20.6 Å². The smallest absolute Gasteiger partial charge is 0.451 e. The van der Waals surface area contributed by atoms with Crippen molar-refractivity contribution in [2.75, 3.05) is 0 Å². The van der Waals surface area contributed by atoms with Gasteiger partial charge in [-0.3, -0.25) is 4.90 Å².